The zero-order valence-corrected chi connectivity index (χ0v) is 12.0. The van der Waals surface area contributed by atoms with Gasteiger partial charge >= 0.3 is 5.97 Å². The Balaban J connectivity index is 2.54. The Hall–Kier alpha value is -0.610. The van der Waals surface area contributed by atoms with Crippen LogP contribution in [-0.4, -0.2) is 48.2 Å². The van der Waals surface area contributed by atoms with Crippen LogP contribution in [0.25, 0.3) is 0 Å². The van der Waals surface area contributed by atoms with Gasteiger partial charge in [-0.2, -0.15) is 0 Å². The Morgan fingerprint density at radius 1 is 1.39 bits per heavy atom. The molecule has 0 aromatic rings. The third kappa shape index (κ3) is 4.94. The molecule has 1 aliphatic carbocycles. The number of nitrogens with one attached hydrogen (secondary N) is 1. The number of carboxylic acids is 1. The van der Waals surface area contributed by atoms with Gasteiger partial charge in [0.2, 0.25) is 0 Å². The first-order chi connectivity index (χ1) is 8.54. The van der Waals surface area contributed by atoms with Crippen LogP contribution in [0.3, 0.4) is 0 Å². The molecule has 0 aliphatic heterocycles. The van der Waals surface area contributed by atoms with Crippen molar-refractivity contribution in [1.82, 2.24) is 10.2 Å². The van der Waals surface area contributed by atoms with Gasteiger partial charge in [-0.15, -0.1) is 0 Å². The Labute approximate surface area is 111 Å². The Morgan fingerprint density at radius 2 is 2.00 bits per heavy atom. The third-order valence-electron chi connectivity index (χ3n) is 3.90. The molecule has 2 N–H and O–H groups in total. The van der Waals surface area contributed by atoms with E-state index in [2.05, 4.69) is 24.1 Å². The first kappa shape index (κ1) is 15.4. The molecule has 1 fully saturated rings. The van der Waals surface area contributed by atoms with E-state index in [4.69, 9.17) is 5.11 Å². The third-order valence-corrected chi connectivity index (χ3v) is 3.90. The van der Waals surface area contributed by atoms with E-state index in [1.807, 2.05) is 0 Å². The van der Waals surface area contributed by atoms with Crippen LogP contribution in [0.15, 0.2) is 0 Å². The number of likely N-dealkylation sites (N-methyl/N-ethyl adjacent to an activating group) is 1. The van der Waals surface area contributed by atoms with Crippen molar-refractivity contribution >= 4 is 5.97 Å². The van der Waals surface area contributed by atoms with Crippen molar-refractivity contribution in [2.24, 2.45) is 5.92 Å². The van der Waals surface area contributed by atoms with Gasteiger partial charge in [-0.1, -0.05) is 26.7 Å². The van der Waals surface area contributed by atoms with Crippen molar-refractivity contribution in [3.05, 3.63) is 0 Å². The average Bonchev–Trinajstić information content (AvgIpc) is 2.82. The van der Waals surface area contributed by atoms with Gasteiger partial charge in [-0.3, -0.25) is 9.69 Å². The monoisotopic (exact) mass is 256 g/mol. The van der Waals surface area contributed by atoms with Crippen LogP contribution >= 0.6 is 0 Å². The predicted octanol–water partition coefficient (Wildman–Crippen LogP) is 1.95. The highest BCUT2D eigenvalue weighted by Crippen LogP contribution is 2.24. The largest absolute Gasteiger partial charge is 0.480 e. The van der Waals surface area contributed by atoms with Crippen molar-refractivity contribution in [3.8, 4) is 0 Å². The van der Waals surface area contributed by atoms with Gasteiger partial charge in [0.15, 0.2) is 0 Å². The Bertz CT molecular complexity index is 250. The maximum Gasteiger partial charge on any atom is 0.322 e. The number of carbonyl (C=O) groups is 1. The second-order valence-electron chi connectivity index (χ2n) is 5.80. The van der Waals surface area contributed by atoms with Gasteiger partial charge in [-0.25, -0.2) is 0 Å². The van der Waals surface area contributed by atoms with Gasteiger partial charge in [0.1, 0.15) is 6.04 Å². The maximum atomic E-state index is 11.1. The van der Waals surface area contributed by atoms with Gasteiger partial charge in [0, 0.05) is 12.6 Å². The number of nitrogens with zero attached hydrogens (tertiary/aromatic N) is 1. The van der Waals surface area contributed by atoms with Gasteiger partial charge in [0.25, 0.3) is 0 Å². The SMILES string of the molecule is CNC(CN(CCC(C)C)C1CCCC1)C(=O)O. The molecule has 106 valence electrons. The van der Waals surface area contributed by atoms with Crippen LogP contribution in [0.4, 0.5) is 0 Å². The molecule has 1 aliphatic rings. The van der Waals surface area contributed by atoms with Crippen molar-refractivity contribution in [3.63, 3.8) is 0 Å². The number of hydrogen-bond acceptors (Lipinski definition) is 3. The minimum absolute atomic E-state index is 0.447. The number of hydrogen-bond donors (Lipinski definition) is 2. The van der Waals surface area contributed by atoms with Crippen molar-refractivity contribution < 1.29 is 9.90 Å². The summed E-state index contributed by atoms with van der Waals surface area (Å²) in [7, 11) is 1.73. The molecule has 0 aromatic carbocycles. The minimum atomic E-state index is -0.745. The summed E-state index contributed by atoms with van der Waals surface area (Å²) >= 11 is 0. The summed E-state index contributed by atoms with van der Waals surface area (Å²) in [6.45, 7) is 6.09. The molecule has 1 rings (SSSR count). The molecule has 0 spiro atoms. The molecule has 0 amide bonds. The summed E-state index contributed by atoms with van der Waals surface area (Å²) in [5.41, 5.74) is 0. The lowest BCUT2D eigenvalue weighted by molar-refractivity contribution is -0.140. The topological polar surface area (TPSA) is 52.6 Å². The molecule has 1 atom stereocenters. The summed E-state index contributed by atoms with van der Waals surface area (Å²) in [6.07, 6.45) is 6.19. The predicted molar refractivity (Wildman–Crippen MR) is 73.8 cm³/mol. The van der Waals surface area contributed by atoms with Crippen LogP contribution in [0.1, 0.15) is 46.0 Å². The zero-order valence-electron chi connectivity index (χ0n) is 12.0. The summed E-state index contributed by atoms with van der Waals surface area (Å²) < 4.78 is 0. The van der Waals surface area contributed by atoms with Gasteiger partial charge < -0.3 is 10.4 Å². The minimum Gasteiger partial charge on any atom is -0.480 e. The maximum absolute atomic E-state index is 11.1. The van der Waals surface area contributed by atoms with E-state index in [9.17, 15) is 4.79 Å². The zero-order chi connectivity index (χ0) is 13.5. The molecule has 1 saturated carbocycles. The number of aliphatic carboxylic acids is 1. The normalized spacial score (nSPS) is 18.7. The highest BCUT2D eigenvalue weighted by molar-refractivity contribution is 5.73. The molecule has 4 nitrogen and oxygen atoms in total. The molecule has 0 saturated heterocycles. The van der Waals surface area contributed by atoms with Crippen LogP contribution in [0.2, 0.25) is 0 Å². The average molecular weight is 256 g/mol. The molecule has 1 unspecified atom stereocenters. The lowest BCUT2D eigenvalue weighted by Crippen LogP contribution is -2.48. The summed E-state index contributed by atoms with van der Waals surface area (Å²) in [4.78, 5) is 13.5. The fourth-order valence-electron chi connectivity index (χ4n) is 2.64. The first-order valence-corrected chi connectivity index (χ1v) is 7.18. The molecule has 0 radical (unpaired) electrons. The molecule has 0 bridgehead atoms. The van der Waals surface area contributed by atoms with E-state index in [-0.39, 0.29) is 0 Å². The summed E-state index contributed by atoms with van der Waals surface area (Å²) in [6, 6.07) is 0.150. The summed E-state index contributed by atoms with van der Waals surface area (Å²) in [5, 5.41) is 12.1. The first-order valence-electron chi connectivity index (χ1n) is 7.18. The molecule has 0 heterocycles. The Morgan fingerprint density at radius 3 is 2.44 bits per heavy atom. The smallest absolute Gasteiger partial charge is 0.322 e. The van der Waals surface area contributed by atoms with Crippen LogP contribution < -0.4 is 5.32 Å². The fraction of sp³-hybridized carbons (Fsp3) is 0.929. The molecular weight excluding hydrogens is 228 g/mol. The van der Waals surface area contributed by atoms with E-state index in [0.29, 0.717) is 18.5 Å². The molecule has 18 heavy (non-hydrogen) atoms. The van der Waals surface area contributed by atoms with Crippen molar-refractivity contribution in [1.29, 1.82) is 0 Å². The molecule has 0 aromatic heterocycles. The van der Waals surface area contributed by atoms with E-state index < -0.39 is 12.0 Å². The quantitative estimate of drug-likeness (QED) is 0.697. The summed E-state index contributed by atoms with van der Waals surface area (Å²) in [5.74, 6) is -0.0724. The molecular formula is C14H28N2O2. The van der Waals surface area contributed by atoms with Crippen LogP contribution in [0.5, 0.6) is 0 Å². The van der Waals surface area contributed by atoms with E-state index in [1.165, 1.54) is 25.7 Å². The Kier molecular flexibility index (Phi) is 6.65. The van der Waals surface area contributed by atoms with Crippen molar-refractivity contribution in [2.45, 2.75) is 58.0 Å². The number of carboxylic acid groups (broad SMARTS) is 1. The van der Waals surface area contributed by atoms with E-state index in [0.717, 1.165) is 13.0 Å². The second-order valence-corrected chi connectivity index (χ2v) is 5.80. The van der Waals surface area contributed by atoms with Gasteiger partial charge in [0.05, 0.1) is 0 Å². The van der Waals surface area contributed by atoms with Crippen LogP contribution in [-0.2, 0) is 4.79 Å². The fourth-order valence-corrected chi connectivity index (χ4v) is 2.64. The van der Waals surface area contributed by atoms with Crippen LogP contribution in [0, 0.1) is 5.92 Å². The van der Waals surface area contributed by atoms with E-state index in [1.54, 1.807) is 7.05 Å². The lowest BCUT2D eigenvalue weighted by atomic mass is 10.1. The van der Waals surface area contributed by atoms with Crippen molar-refractivity contribution in [2.75, 3.05) is 20.1 Å². The van der Waals surface area contributed by atoms with E-state index >= 15 is 0 Å². The highest BCUT2D eigenvalue weighted by Gasteiger charge is 2.26. The number of rotatable bonds is 8. The molecule has 4 heteroatoms. The highest BCUT2D eigenvalue weighted by atomic mass is 16.4. The second kappa shape index (κ2) is 7.74. The lowest BCUT2D eigenvalue weighted by Gasteiger charge is -2.31. The van der Waals surface area contributed by atoms with Gasteiger partial charge in [-0.05, 0) is 38.8 Å². The standard InChI is InChI=1S/C14H28N2O2/c1-11(2)8-9-16(12-6-4-5-7-12)10-13(15-3)14(17)18/h11-13,15H,4-10H2,1-3H3,(H,17,18).